The third kappa shape index (κ3) is 4.10. The lowest BCUT2D eigenvalue weighted by Crippen LogP contribution is -2.37. The molecule has 9 nitrogen and oxygen atoms in total. The standard InChI is InChI=1S/C18H18O9/c19-10-23-8-18(9-26-18)13-2-11(16(20)25-7-14-6-24-14)1-12(3-13)17(21)27-15-4-22-5-15/h1-3,10,14-15H,4-9H2. The first-order chi connectivity index (χ1) is 13.1. The van der Waals surface area contributed by atoms with Gasteiger partial charge in [-0.15, -0.1) is 0 Å². The van der Waals surface area contributed by atoms with Crippen LogP contribution in [0.4, 0.5) is 0 Å². The number of ether oxygens (including phenoxy) is 6. The van der Waals surface area contributed by atoms with Crippen molar-refractivity contribution in [1.82, 2.24) is 0 Å². The summed E-state index contributed by atoms with van der Waals surface area (Å²) in [5.74, 6) is -1.16. The summed E-state index contributed by atoms with van der Waals surface area (Å²) < 4.78 is 30.8. The van der Waals surface area contributed by atoms with Gasteiger partial charge in [-0.3, -0.25) is 4.79 Å². The van der Waals surface area contributed by atoms with E-state index in [1.54, 1.807) is 12.1 Å². The smallest absolute Gasteiger partial charge is 0.338 e. The monoisotopic (exact) mass is 378 g/mol. The second kappa shape index (κ2) is 7.26. The molecule has 0 aromatic heterocycles. The van der Waals surface area contributed by atoms with E-state index in [0.29, 0.717) is 38.5 Å². The number of hydrogen-bond acceptors (Lipinski definition) is 9. The molecule has 1 aromatic rings. The normalized spacial score (nSPS) is 25.9. The third-order valence-electron chi connectivity index (χ3n) is 4.49. The Balaban J connectivity index is 1.57. The number of hydrogen-bond donors (Lipinski definition) is 0. The van der Waals surface area contributed by atoms with Gasteiger partial charge in [0.15, 0.2) is 5.60 Å². The fraction of sp³-hybridized carbons (Fsp3) is 0.500. The predicted molar refractivity (Wildman–Crippen MR) is 86.1 cm³/mol. The van der Waals surface area contributed by atoms with Gasteiger partial charge in [-0.1, -0.05) is 0 Å². The summed E-state index contributed by atoms with van der Waals surface area (Å²) >= 11 is 0. The average molecular weight is 378 g/mol. The minimum atomic E-state index is -0.870. The van der Waals surface area contributed by atoms with Crippen molar-refractivity contribution >= 4 is 18.4 Å². The van der Waals surface area contributed by atoms with Crippen LogP contribution in [-0.2, 0) is 38.8 Å². The summed E-state index contributed by atoms with van der Waals surface area (Å²) in [4.78, 5) is 35.3. The Kier molecular flexibility index (Phi) is 4.81. The Labute approximate surface area is 154 Å². The molecular weight excluding hydrogens is 360 g/mol. The maximum absolute atomic E-state index is 12.4. The fourth-order valence-corrected chi connectivity index (χ4v) is 2.63. The topological polar surface area (TPSA) is 113 Å². The van der Waals surface area contributed by atoms with Crippen molar-refractivity contribution in [3.8, 4) is 0 Å². The number of esters is 2. The second-order valence-electron chi connectivity index (χ2n) is 6.61. The molecule has 0 bridgehead atoms. The maximum Gasteiger partial charge on any atom is 0.338 e. The summed E-state index contributed by atoms with van der Waals surface area (Å²) in [6, 6.07) is 4.56. The molecule has 27 heavy (non-hydrogen) atoms. The van der Waals surface area contributed by atoms with E-state index in [4.69, 9.17) is 28.4 Å². The quantitative estimate of drug-likeness (QED) is 0.257. The first kappa shape index (κ1) is 17.9. The minimum Gasteiger partial charge on any atom is -0.464 e. The molecule has 0 saturated carbocycles. The molecule has 0 amide bonds. The van der Waals surface area contributed by atoms with Crippen molar-refractivity contribution in [3.05, 3.63) is 34.9 Å². The predicted octanol–water partition coefficient (Wildman–Crippen LogP) is 0.196. The van der Waals surface area contributed by atoms with Crippen LogP contribution in [-0.4, -0.2) is 70.3 Å². The molecule has 9 heteroatoms. The van der Waals surface area contributed by atoms with Crippen molar-refractivity contribution in [1.29, 1.82) is 0 Å². The van der Waals surface area contributed by atoms with E-state index in [1.165, 1.54) is 6.07 Å². The number of carbonyl (C=O) groups is 3. The molecule has 0 radical (unpaired) electrons. The SMILES string of the molecule is O=COCC1(c2cc(C(=O)OCC3CO3)cc(C(=O)OC3COC3)c2)CO1. The van der Waals surface area contributed by atoms with Crippen LogP contribution in [0.5, 0.6) is 0 Å². The first-order valence-corrected chi connectivity index (χ1v) is 8.52. The molecule has 0 spiro atoms. The van der Waals surface area contributed by atoms with Crippen LogP contribution < -0.4 is 0 Å². The van der Waals surface area contributed by atoms with Crippen LogP contribution in [0.15, 0.2) is 18.2 Å². The lowest BCUT2D eigenvalue weighted by atomic mass is 9.95. The summed E-state index contributed by atoms with van der Waals surface area (Å²) in [6.07, 6.45) is -0.368. The Morgan fingerprint density at radius 3 is 2.41 bits per heavy atom. The molecule has 3 fully saturated rings. The van der Waals surface area contributed by atoms with E-state index >= 15 is 0 Å². The van der Waals surface area contributed by atoms with Crippen molar-refractivity contribution in [3.63, 3.8) is 0 Å². The molecule has 3 saturated heterocycles. The van der Waals surface area contributed by atoms with Gasteiger partial charge in [0, 0.05) is 0 Å². The van der Waals surface area contributed by atoms with Crippen LogP contribution >= 0.6 is 0 Å². The largest absolute Gasteiger partial charge is 0.464 e. The van der Waals surface area contributed by atoms with Gasteiger partial charge >= 0.3 is 11.9 Å². The van der Waals surface area contributed by atoms with Gasteiger partial charge in [-0.05, 0) is 23.8 Å². The Hall–Kier alpha value is -2.49. The molecule has 3 heterocycles. The van der Waals surface area contributed by atoms with Gasteiger partial charge in [0.05, 0.1) is 37.6 Å². The molecule has 3 aliphatic rings. The molecule has 0 N–H and O–H groups in total. The van der Waals surface area contributed by atoms with Gasteiger partial charge in [-0.25, -0.2) is 9.59 Å². The highest BCUT2D eigenvalue weighted by Gasteiger charge is 2.48. The van der Waals surface area contributed by atoms with E-state index in [-0.39, 0.29) is 36.5 Å². The van der Waals surface area contributed by atoms with E-state index in [2.05, 4.69) is 0 Å². The van der Waals surface area contributed by atoms with Crippen LogP contribution in [0.25, 0.3) is 0 Å². The summed E-state index contributed by atoms with van der Waals surface area (Å²) in [5.41, 5.74) is 0.0463. The van der Waals surface area contributed by atoms with Crippen LogP contribution in [0.3, 0.4) is 0 Å². The number of carbonyl (C=O) groups excluding carboxylic acids is 3. The molecule has 1 aromatic carbocycles. The summed E-state index contributed by atoms with van der Waals surface area (Å²) in [5, 5.41) is 0. The summed E-state index contributed by atoms with van der Waals surface area (Å²) in [6.45, 7) is 2.02. The van der Waals surface area contributed by atoms with Gasteiger partial charge in [0.25, 0.3) is 6.47 Å². The summed E-state index contributed by atoms with van der Waals surface area (Å²) in [7, 11) is 0. The average Bonchev–Trinajstić information content (AvgIpc) is 3.55. The van der Waals surface area contributed by atoms with Gasteiger partial charge in [0.1, 0.15) is 25.4 Å². The highest BCUT2D eigenvalue weighted by Crippen LogP contribution is 2.40. The highest BCUT2D eigenvalue weighted by molar-refractivity contribution is 5.96. The van der Waals surface area contributed by atoms with E-state index in [1.807, 2.05) is 0 Å². The zero-order valence-electron chi connectivity index (χ0n) is 14.4. The van der Waals surface area contributed by atoms with Crippen LogP contribution in [0.1, 0.15) is 26.3 Å². The molecule has 2 atom stereocenters. The number of benzene rings is 1. The highest BCUT2D eigenvalue weighted by atomic mass is 16.6. The Morgan fingerprint density at radius 2 is 1.85 bits per heavy atom. The number of epoxide rings is 2. The Morgan fingerprint density at radius 1 is 1.15 bits per heavy atom. The van der Waals surface area contributed by atoms with Crippen LogP contribution in [0, 0.1) is 0 Å². The van der Waals surface area contributed by atoms with Gasteiger partial charge in [-0.2, -0.15) is 0 Å². The van der Waals surface area contributed by atoms with E-state index < -0.39 is 17.5 Å². The molecule has 0 aliphatic carbocycles. The van der Waals surface area contributed by atoms with Crippen LogP contribution in [0.2, 0.25) is 0 Å². The molecule has 4 rings (SSSR count). The van der Waals surface area contributed by atoms with Gasteiger partial charge in [0.2, 0.25) is 0 Å². The first-order valence-electron chi connectivity index (χ1n) is 8.52. The fourth-order valence-electron chi connectivity index (χ4n) is 2.63. The van der Waals surface area contributed by atoms with Crippen molar-refractivity contribution in [2.24, 2.45) is 0 Å². The van der Waals surface area contributed by atoms with Crippen molar-refractivity contribution in [2.75, 3.05) is 39.6 Å². The molecular formula is C18H18O9. The zero-order chi connectivity index (χ0) is 18.9. The number of rotatable bonds is 9. The van der Waals surface area contributed by atoms with Crippen molar-refractivity contribution < 1.29 is 42.8 Å². The van der Waals surface area contributed by atoms with E-state index in [0.717, 1.165) is 0 Å². The lowest BCUT2D eigenvalue weighted by Gasteiger charge is -2.25. The molecule has 144 valence electrons. The maximum atomic E-state index is 12.4. The Bertz CT molecular complexity index is 747. The second-order valence-corrected chi connectivity index (χ2v) is 6.61. The molecule has 3 aliphatic heterocycles. The van der Waals surface area contributed by atoms with E-state index in [9.17, 15) is 14.4 Å². The van der Waals surface area contributed by atoms with Gasteiger partial charge < -0.3 is 28.4 Å². The molecule has 2 unspecified atom stereocenters. The zero-order valence-corrected chi connectivity index (χ0v) is 14.4. The van der Waals surface area contributed by atoms with Crippen molar-refractivity contribution in [2.45, 2.75) is 17.8 Å². The lowest BCUT2D eigenvalue weighted by molar-refractivity contribution is -0.130. The minimum absolute atomic E-state index is 0.0180. The third-order valence-corrected chi connectivity index (χ3v) is 4.49.